The second kappa shape index (κ2) is 7.20. The molecule has 0 radical (unpaired) electrons. The number of rotatable bonds is 5. The van der Waals surface area contributed by atoms with Crippen molar-refractivity contribution >= 4 is 21.7 Å². The maximum atomic E-state index is 12.2. The summed E-state index contributed by atoms with van der Waals surface area (Å²) < 4.78 is 0.975. The monoisotopic (exact) mass is 323 g/mol. The molecule has 1 aromatic rings. The molecule has 1 saturated heterocycles. The van der Waals surface area contributed by atoms with Crippen molar-refractivity contribution in [3.05, 3.63) is 34.3 Å². The van der Waals surface area contributed by atoms with E-state index in [-0.39, 0.29) is 5.78 Å². The van der Waals surface area contributed by atoms with Crippen molar-refractivity contribution in [2.75, 3.05) is 13.1 Å². The van der Waals surface area contributed by atoms with Crippen molar-refractivity contribution in [2.24, 2.45) is 0 Å². The van der Waals surface area contributed by atoms with Crippen molar-refractivity contribution in [3.8, 4) is 0 Å². The van der Waals surface area contributed by atoms with E-state index in [1.807, 2.05) is 24.3 Å². The molecule has 0 amide bonds. The highest BCUT2D eigenvalue weighted by Crippen LogP contribution is 2.20. The highest BCUT2D eigenvalue weighted by molar-refractivity contribution is 9.10. The van der Waals surface area contributed by atoms with Gasteiger partial charge in [0.2, 0.25) is 0 Å². The molecule has 1 aliphatic rings. The Labute approximate surface area is 124 Å². The Balaban J connectivity index is 1.89. The number of likely N-dealkylation sites (tertiary alicyclic amines) is 1. The molecule has 0 spiro atoms. The Kier molecular flexibility index (Phi) is 5.59. The smallest absolute Gasteiger partial charge is 0.164 e. The normalized spacial score (nSPS) is 20.4. The molecule has 0 saturated carbocycles. The quantitative estimate of drug-likeness (QED) is 0.753. The second-order valence-corrected chi connectivity index (χ2v) is 6.19. The summed E-state index contributed by atoms with van der Waals surface area (Å²) in [6.45, 7) is 4.31. The number of carbonyl (C=O) groups excluding carboxylic acids is 1. The zero-order valence-electron chi connectivity index (χ0n) is 11.6. The first kappa shape index (κ1) is 14.7. The molecule has 2 nitrogen and oxygen atoms in total. The summed E-state index contributed by atoms with van der Waals surface area (Å²) in [6, 6.07) is 8.38. The van der Waals surface area contributed by atoms with Gasteiger partial charge in [-0.25, -0.2) is 0 Å². The van der Waals surface area contributed by atoms with Crippen LogP contribution in [0.25, 0.3) is 0 Å². The van der Waals surface area contributed by atoms with E-state index < -0.39 is 0 Å². The fourth-order valence-corrected chi connectivity index (χ4v) is 3.27. The third-order valence-corrected chi connectivity index (χ3v) is 4.49. The Bertz CT molecular complexity index is 433. The zero-order chi connectivity index (χ0) is 13.7. The van der Waals surface area contributed by atoms with Gasteiger partial charge in [0.1, 0.15) is 0 Å². The summed E-state index contributed by atoms with van der Waals surface area (Å²) in [5, 5.41) is 0. The number of benzene rings is 1. The van der Waals surface area contributed by atoms with E-state index in [2.05, 4.69) is 27.8 Å². The van der Waals surface area contributed by atoms with Gasteiger partial charge in [0.15, 0.2) is 5.78 Å². The Morgan fingerprint density at radius 1 is 1.42 bits per heavy atom. The number of Topliss-reactive ketones (excluding diaryl/α,β-unsaturated/α-hetero) is 1. The lowest BCUT2D eigenvalue weighted by molar-refractivity contribution is 0.0923. The Morgan fingerprint density at radius 2 is 2.26 bits per heavy atom. The third kappa shape index (κ3) is 4.15. The summed E-state index contributed by atoms with van der Waals surface area (Å²) in [4.78, 5) is 14.7. The molecule has 1 unspecified atom stereocenters. The van der Waals surface area contributed by atoms with Gasteiger partial charge < -0.3 is 0 Å². The number of piperidine rings is 1. The SMILES string of the molecule is CCC1CCCCN1CCC(=O)c1cccc(Br)c1. The molecule has 19 heavy (non-hydrogen) atoms. The maximum Gasteiger partial charge on any atom is 0.164 e. The van der Waals surface area contributed by atoms with Gasteiger partial charge in [0.25, 0.3) is 0 Å². The molecule has 1 heterocycles. The van der Waals surface area contributed by atoms with Crippen LogP contribution >= 0.6 is 15.9 Å². The first-order valence-electron chi connectivity index (χ1n) is 7.23. The lowest BCUT2D eigenvalue weighted by Gasteiger charge is -2.35. The van der Waals surface area contributed by atoms with Gasteiger partial charge in [0, 0.05) is 29.0 Å². The highest BCUT2D eigenvalue weighted by atomic mass is 79.9. The molecule has 1 atom stereocenters. The van der Waals surface area contributed by atoms with Gasteiger partial charge in [-0.05, 0) is 37.9 Å². The first-order valence-corrected chi connectivity index (χ1v) is 8.03. The molecule has 1 aliphatic heterocycles. The van der Waals surface area contributed by atoms with Gasteiger partial charge in [-0.2, -0.15) is 0 Å². The van der Waals surface area contributed by atoms with E-state index in [0.717, 1.165) is 23.1 Å². The largest absolute Gasteiger partial charge is 0.300 e. The summed E-state index contributed by atoms with van der Waals surface area (Å²) in [5.41, 5.74) is 0.819. The average Bonchev–Trinajstić information content (AvgIpc) is 2.45. The van der Waals surface area contributed by atoms with Gasteiger partial charge >= 0.3 is 0 Å². The van der Waals surface area contributed by atoms with Gasteiger partial charge in [-0.1, -0.05) is 41.4 Å². The van der Waals surface area contributed by atoms with E-state index in [1.54, 1.807) is 0 Å². The minimum Gasteiger partial charge on any atom is -0.300 e. The number of hydrogen-bond donors (Lipinski definition) is 0. The van der Waals surface area contributed by atoms with Crippen LogP contribution in [0.5, 0.6) is 0 Å². The lowest BCUT2D eigenvalue weighted by Crippen LogP contribution is -2.40. The molecular formula is C16H22BrNO. The van der Waals surface area contributed by atoms with Crippen LogP contribution in [0.1, 0.15) is 49.4 Å². The van der Waals surface area contributed by atoms with Gasteiger partial charge in [0.05, 0.1) is 0 Å². The van der Waals surface area contributed by atoms with Crippen molar-refractivity contribution in [3.63, 3.8) is 0 Å². The van der Waals surface area contributed by atoms with Crippen LogP contribution in [-0.4, -0.2) is 29.8 Å². The van der Waals surface area contributed by atoms with Crippen molar-refractivity contribution in [2.45, 2.75) is 45.1 Å². The topological polar surface area (TPSA) is 20.3 Å². The highest BCUT2D eigenvalue weighted by Gasteiger charge is 2.21. The minimum atomic E-state index is 0.252. The molecule has 3 heteroatoms. The van der Waals surface area contributed by atoms with Gasteiger partial charge in [-0.3, -0.25) is 9.69 Å². The van der Waals surface area contributed by atoms with Crippen LogP contribution in [0.3, 0.4) is 0 Å². The predicted molar refractivity (Wildman–Crippen MR) is 82.6 cm³/mol. The van der Waals surface area contributed by atoms with Crippen molar-refractivity contribution in [1.29, 1.82) is 0 Å². The molecule has 0 bridgehead atoms. The standard InChI is InChI=1S/C16H22BrNO/c1-2-15-8-3-4-10-18(15)11-9-16(19)13-6-5-7-14(17)12-13/h5-7,12,15H,2-4,8-11H2,1H3. The summed E-state index contributed by atoms with van der Waals surface area (Å²) >= 11 is 3.42. The molecule has 1 aromatic carbocycles. The number of nitrogens with zero attached hydrogens (tertiary/aromatic N) is 1. The van der Waals surface area contributed by atoms with Crippen LogP contribution < -0.4 is 0 Å². The number of halogens is 1. The molecule has 0 aliphatic carbocycles. The molecule has 0 aromatic heterocycles. The molecule has 2 rings (SSSR count). The van der Waals surface area contributed by atoms with Crippen molar-refractivity contribution in [1.82, 2.24) is 4.90 Å². The maximum absolute atomic E-state index is 12.2. The Hall–Kier alpha value is -0.670. The average molecular weight is 324 g/mol. The molecule has 0 N–H and O–H groups in total. The number of carbonyl (C=O) groups is 1. The van der Waals surface area contributed by atoms with Crippen LogP contribution in [0, 0.1) is 0 Å². The van der Waals surface area contributed by atoms with Crippen LogP contribution in [0.15, 0.2) is 28.7 Å². The summed E-state index contributed by atoms with van der Waals surface area (Å²) in [5.74, 6) is 0.252. The van der Waals surface area contributed by atoms with E-state index in [9.17, 15) is 4.79 Å². The fraction of sp³-hybridized carbons (Fsp3) is 0.562. The van der Waals surface area contributed by atoms with Crippen LogP contribution in [0.2, 0.25) is 0 Å². The summed E-state index contributed by atoms with van der Waals surface area (Å²) in [7, 11) is 0. The number of hydrogen-bond acceptors (Lipinski definition) is 2. The fourth-order valence-electron chi connectivity index (χ4n) is 2.87. The minimum absolute atomic E-state index is 0.252. The van der Waals surface area contributed by atoms with E-state index in [0.29, 0.717) is 12.5 Å². The lowest BCUT2D eigenvalue weighted by atomic mass is 9.99. The molecule has 104 valence electrons. The van der Waals surface area contributed by atoms with E-state index in [4.69, 9.17) is 0 Å². The summed E-state index contributed by atoms with van der Waals surface area (Å²) in [6.07, 6.45) is 5.75. The third-order valence-electron chi connectivity index (χ3n) is 3.99. The Morgan fingerprint density at radius 3 is 3.00 bits per heavy atom. The van der Waals surface area contributed by atoms with Gasteiger partial charge in [-0.15, -0.1) is 0 Å². The first-order chi connectivity index (χ1) is 9.20. The van der Waals surface area contributed by atoms with Crippen LogP contribution in [-0.2, 0) is 0 Å². The van der Waals surface area contributed by atoms with Crippen LogP contribution in [0.4, 0.5) is 0 Å². The molecular weight excluding hydrogens is 302 g/mol. The second-order valence-electron chi connectivity index (χ2n) is 5.28. The predicted octanol–water partition coefficient (Wildman–Crippen LogP) is 4.29. The van der Waals surface area contributed by atoms with E-state index >= 15 is 0 Å². The molecule has 1 fully saturated rings. The van der Waals surface area contributed by atoms with E-state index in [1.165, 1.54) is 25.7 Å². The van der Waals surface area contributed by atoms with Crippen molar-refractivity contribution < 1.29 is 4.79 Å². The zero-order valence-corrected chi connectivity index (χ0v) is 13.2. The number of ketones is 1.